The third kappa shape index (κ3) is 9.83. The number of fused-ring (bicyclic) bond motifs is 2. The van der Waals surface area contributed by atoms with Crippen LogP contribution in [-0.2, 0) is 0 Å². The molecule has 366 valence electrons. The highest BCUT2D eigenvalue weighted by Crippen LogP contribution is 2.45. The van der Waals surface area contributed by atoms with Crippen LogP contribution in [0.25, 0.3) is 112 Å². The Hall–Kier alpha value is -10.1. The summed E-state index contributed by atoms with van der Waals surface area (Å²) in [6.45, 7) is 0. The molecule has 0 saturated heterocycles. The van der Waals surface area contributed by atoms with Gasteiger partial charge in [-0.1, -0.05) is 315 Å². The number of hydrogen-bond acceptors (Lipinski definition) is 0. The van der Waals surface area contributed by atoms with Crippen molar-refractivity contribution in [3.63, 3.8) is 0 Å². The Morgan fingerprint density at radius 2 is 0.359 bits per heavy atom. The average Bonchev–Trinajstić information content (AvgIpc) is 3.61. The van der Waals surface area contributed by atoms with Crippen molar-refractivity contribution in [2.45, 2.75) is 0 Å². The molecule has 78 heavy (non-hydrogen) atoms. The molecule has 0 nitrogen and oxygen atoms in total. The van der Waals surface area contributed by atoms with Gasteiger partial charge in [-0.3, -0.25) is 0 Å². The first kappa shape index (κ1) is 47.6. The molecule has 0 heteroatoms. The smallest absolute Gasteiger partial charge is 0.00264 e. The van der Waals surface area contributed by atoms with Gasteiger partial charge in [0.15, 0.2) is 0 Å². The fourth-order valence-corrected chi connectivity index (χ4v) is 11.1. The second-order valence-electron chi connectivity index (χ2n) is 20.0. The molecule has 0 radical (unpaired) electrons. The number of rotatable bonds is 12. The van der Waals surface area contributed by atoms with Crippen molar-refractivity contribution in [2.24, 2.45) is 0 Å². The maximum atomic E-state index is 2.33. The fourth-order valence-electron chi connectivity index (χ4n) is 11.1. The molecule has 13 rings (SSSR count). The highest BCUT2D eigenvalue weighted by Gasteiger charge is 2.18. The van der Waals surface area contributed by atoms with Crippen molar-refractivity contribution in [1.29, 1.82) is 0 Å². The summed E-state index contributed by atoms with van der Waals surface area (Å²) in [4.78, 5) is 0. The maximum Gasteiger partial charge on any atom is -0.00264 e. The van der Waals surface area contributed by atoms with Gasteiger partial charge in [-0.15, -0.1) is 0 Å². The van der Waals surface area contributed by atoms with Crippen molar-refractivity contribution in [3.8, 4) is 66.8 Å². The highest BCUT2D eigenvalue weighted by molar-refractivity contribution is 6.21. The van der Waals surface area contributed by atoms with E-state index in [9.17, 15) is 0 Å². The zero-order valence-corrected chi connectivity index (χ0v) is 43.2. The van der Waals surface area contributed by atoms with E-state index in [0.29, 0.717) is 0 Å². The van der Waals surface area contributed by atoms with Crippen LogP contribution in [0.4, 0.5) is 0 Å². The second-order valence-corrected chi connectivity index (χ2v) is 20.0. The zero-order chi connectivity index (χ0) is 52.0. The topological polar surface area (TPSA) is 0 Å². The lowest BCUT2D eigenvalue weighted by molar-refractivity contribution is 1.53. The summed E-state index contributed by atoms with van der Waals surface area (Å²) < 4.78 is 0. The minimum Gasteiger partial charge on any atom is -0.0622 e. The van der Waals surface area contributed by atoms with Gasteiger partial charge in [0.05, 0.1) is 0 Å². The molecule has 0 heterocycles. The van der Waals surface area contributed by atoms with Gasteiger partial charge >= 0.3 is 0 Å². The Bertz CT molecular complexity index is 3890. The summed E-state index contributed by atoms with van der Waals surface area (Å²) in [5, 5.41) is 4.91. The van der Waals surface area contributed by atoms with Crippen LogP contribution in [0.5, 0.6) is 0 Å². The van der Waals surface area contributed by atoms with Crippen LogP contribution in [0.2, 0.25) is 0 Å². The van der Waals surface area contributed by atoms with Crippen LogP contribution in [0, 0.1) is 0 Å². The van der Waals surface area contributed by atoms with E-state index in [2.05, 4.69) is 328 Å². The molecule has 0 amide bonds. The minimum absolute atomic E-state index is 1.15. The van der Waals surface area contributed by atoms with Crippen molar-refractivity contribution in [3.05, 3.63) is 349 Å². The standard InChI is InChI=1S/C78H54/c1-5-17-57(18-6-1)61-33-29-55(30-34-61)53-75(65-41-37-63(38-42-65)59-21-9-3-10-22-59)67-45-49-69(50-46-67)77-71-25-13-15-27-73(71)78(74-28-16-14-26-72(74)77)70-51-47-68(48-52-70)76(66-43-39-64(40-44-66)60-23-11-4-12-24-60)54-56-31-35-62(36-32-56)58-19-7-2-8-20-58/h1-54H/b75-53+,76-54+. The van der Waals surface area contributed by atoms with Gasteiger partial charge in [0.1, 0.15) is 0 Å². The van der Waals surface area contributed by atoms with Gasteiger partial charge in [-0.2, -0.15) is 0 Å². The molecule has 0 aromatic heterocycles. The molecular formula is C78H54. The Morgan fingerprint density at radius 1 is 0.167 bits per heavy atom. The van der Waals surface area contributed by atoms with E-state index < -0.39 is 0 Å². The third-order valence-electron chi connectivity index (χ3n) is 15.2. The molecule has 0 saturated carbocycles. The van der Waals surface area contributed by atoms with Crippen LogP contribution in [0.3, 0.4) is 0 Å². The van der Waals surface area contributed by atoms with Crippen molar-refractivity contribution < 1.29 is 0 Å². The largest absolute Gasteiger partial charge is 0.0622 e. The summed E-state index contributed by atoms with van der Waals surface area (Å²) >= 11 is 0. The predicted molar refractivity (Wildman–Crippen MR) is 334 cm³/mol. The molecule has 0 atom stereocenters. The lowest BCUT2D eigenvalue weighted by atomic mass is 9.85. The molecule has 0 aliphatic rings. The predicted octanol–water partition coefficient (Wildman–Crippen LogP) is 21.2. The van der Waals surface area contributed by atoms with Gasteiger partial charge < -0.3 is 0 Å². The molecule has 0 bridgehead atoms. The van der Waals surface area contributed by atoms with Gasteiger partial charge in [-0.25, -0.2) is 0 Å². The van der Waals surface area contributed by atoms with Crippen LogP contribution in [-0.4, -0.2) is 0 Å². The van der Waals surface area contributed by atoms with Crippen molar-refractivity contribution >= 4 is 44.8 Å². The van der Waals surface area contributed by atoms with E-state index >= 15 is 0 Å². The highest BCUT2D eigenvalue weighted by atomic mass is 14.2. The Kier molecular flexibility index (Phi) is 13.2. The molecule has 0 aliphatic carbocycles. The van der Waals surface area contributed by atoms with Crippen LogP contribution in [0.1, 0.15) is 33.4 Å². The molecule has 0 unspecified atom stereocenters. The van der Waals surface area contributed by atoms with E-state index in [-0.39, 0.29) is 0 Å². The summed E-state index contributed by atoms with van der Waals surface area (Å²) in [5.74, 6) is 0. The van der Waals surface area contributed by atoms with Gasteiger partial charge in [0.2, 0.25) is 0 Å². The SMILES string of the molecule is C(=C(/c1ccc(-c2ccccc2)cc1)c1ccc(-c2c3ccccc3c(-c3ccc(/C(=C/c4ccc(-c5ccccc5)cc4)c4ccc(-c5ccccc5)cc4)cc3)c3ccccc23)cc1)/c1ccc(-c2ccccc2)cc1. The van der Waals surface area contributed by atoms with Crippen molar-refractivity contribution in [2.75, 3.05) is 0 Å². The zero-order valence-electron chi connectivity index (χ0n) is 43.2. The molecule has 0 aliphatic heterocycles. The lowest BCUT2D eigenvalue weighted by Crippen LogP contribution is -1.93. The van der Waals surface area contributed by atoms with E-state index in [1.54, 1.807) is 0 Å². The molecule has 13 aromatic carbocycles. The first-order valence-corrected chi connectivity index (χ1v) is 26.9. The first-order chi connectivity index (χ1) is 38.7. The van der Waals surface area contributed by atoms with Gasteiger partial charge in [0.25, 0.3) is 0 Å². The van der Waals surface area contributed by atoms with Crippen LogP contribution >= 0.6 is 0 Å². The molecule has 0 fully saturated rings. The summed E-state index contributed by atoms with van der Waals surface area (Å²) in [6, 6.07) is 115. The van der Waals surface area contributed by atoms with Gasteiger partial charge in [0, 0.05) is 0 Å². The summed E-state index contributed by atoms with van der Waals surface area (Å²) in [6.07, 6.45) is 4.66. The molecule has 0 N–H and O–H groups in total. The maximum absolute atomic E-state index is 2.33. The average molecular weight is 991 g/mol. The monoisotopic (exact) mass is 990 g/mol. The minimum atomic E-state index is 1.15. The normalized spacial score (nSPS) is 11.7. The van der Waals surface area contributed by atoms with E-state index in [0.717, 1.165) is 22.3 Å². The number of hydrogen-bond donors (Lipinski definition) is 0. The third-order valence-corrected chi connectivity index (χ3v) is 15.2. The van der Waals surface area contributed by atoms with E-state index in [4.69, 9.17) is 0 Å². The van der Waals surface area contributed by atoms with E-state index in [1.165, 1.54) is 111 Å². The summed E-state index contributed by atoms with van der Waals surface area (Å²) in [5.41, 5.74) is 23.8. The van der Waals surface area contributed by atoms with Crippen molar-refractivity contribution in [1.82, 2.24) is 0 Å². The Morgan fingerprint density at radius 3 is 0.603 bits per heavy atom. The van der Waals surface area contributed by atoms with Crippen LogP contribution < -0.4 is 0 Å². The first-order valence-electron chi connectivity index (χ1n) is 26.9. The van der Waals surface area contributed by atoms with Crippen LogP contribution in [0.15, 0.2) is 315 Å². The Balaban J connectivity index is 0.872. The lowest BCUT2D eigenvalue weighted by Gasteiger charge is -2.19. The molecule has 13 aromatic rings. The quantitative estimate of drug-likeness (QED) is 0.0845. The molecular weight excluding hydrogens is 937 g/mol. The summed E-state index contributed by atoms with van der Waals surface area (Å²) in [7, 11) is 0. The number of benzene rings is 13. The molecule has 0 spiro atoms. The van der Waals surface area contributed by atoms with E-state index in [1.807, 2.05) is 0 Å². The van der Waals surface area contributed by atoms with Gasteiger partial charge in [-0.05, 0) is 145 Å². The Labute approximate surface area is 457 Å². The fraction of sp³-hybridized carbons (Fsp3) is 0. The second kappa shape index (κ2) is 21.6.